The van der Waals surface area contributed by atoms with Crippen LogP contribution in [0.25, 0.3) is 11.0 Å². The summed E-state index contributed by atoms with van der Waals surface area (Å²) in [7, 11) is 1.92. The minimum Gasteiger partial charge on any atom is -0.337 e. The molecule has 0 aliphatic carbocycles. The van der Waals surface area contributed by atoms with Crippen LogP contribution in [-0.2, 0) is 20.0 Å². The summed E-state index contributed by atoms with van der Waals surface area (Å²) < 4.78 is 17.6. The van der Waals surface area contributed by atoms with E-state index in [4.69, 9.17) is 23.2 Å². The second-order valence-electron chi connectivity index (χ2n) is 4.76. The molecule has 4 nitrogen and oxygen atoms in total. The van der Waals surface area contributed by atoms with Gasteiger partial charge in [-0.2, -0.15) is 0 Å². The quantitative estimate of drug-likeness (QED) is 0.689. The third-order valence-electron chi connectivity index (χ3n) is 3.41. The molecule has 0 radical (unpaired) electrons. The highest BCUT2D eigenvalue weighted by molar-refractivity contribution is 6.31. The summed E-state index contributed by atoms with van der Waals surface area (Å²) in [5.74, 6) is 1.65. The number of aromatic nitrogens is 4. The first-order valence-electron chi connectivity index (χ1n) is 6.46. The van der Waals surface area contributed by atoms with E-state index < -0.39 is 5.82 Å². The third-order valence-corrected chi connectivity index (χ3v) is 3.89. The molecule has 0 fully saturated rings. The zero-order valence-corrected chi connectivity index (χ0v) is 12.9. The summed E-state index contributed by atoms with van der Waals surface area (Å²) in [6, 6.07) is 2.95. The van der Waals surface area contributed by atoms with Crippen LogP contribution in [0.1, 0.15) is 11.6 Å². The van der Waals surface area contributed by atoms with Gasteiger partial charge in [-0.05, 0) is 6.07 Å². The van der Waals surface area contributed by atoms with Gasteiger partial charge < -0.3 is 9.13 Å². The molecule has 2 aromatic heterocycles. The lowest BCUT2D eigenvalue weighted by Gasteiger charge is -2.08. The van der Waals surface area contributed by atoms with E-state index in [0.29, 0.717) is 29.9 Å². The number of hydrogen-bond acceptors (Lipinski definition) is 2. The van der Waals surface area contributed by atoms with Gasteiger partial charge in [0.05, 0.1) is 22.6 Å². The Balaban J connectivity index is 2.15. The number of imidazole rings is 2. The van der Waals surface area contributed by atoms with Gasteiger partial charge in [-0.25, -0.2) is 14.4 Å². The van der Waals surface area contributed by atoms with Gasteiger partial charge in [0.2, 0.25) is 0 Å². The number of fused-ring (bicyclic) bond motifs is 1. The van der Waals surface area contributed by atoms with E-state index >= 15 is 0 Å². The molecule has 0 N–H and O–H groups in total. The molecule has 1 aromatic carbocycles. The molecule has 0 unspecified atom stereocenters. The first-order valence-corrected chi connectivity index (χ1v) is 7.37. The Kier molecular flexibility index (Phi) is 3.87. The Morgan fingerprint density at radius 1 is 1.29 bits per heavy atom. The summed E-state index contributed by atoms with van der Waals surface area (Å²) in [5, 5.41) is 0.0709. The van der Waals surface area contributed by atoms with Crippen LogP contribution >= 0.6 is 23.2 Å². The van der Waals surface area contributed by atoms with Gasteiger partial charge in [-0.15, -0.1) is 11.6 Å². The Morgan fingerprint density at radius 2 is 2.10 bits per heavy atom. The number of hydrogen-bond donors (Lipinski definition) is 0. The second-order valence-corrected chi connectivity index (χ2v) is 5.55. The van der Waals surface area contributed by atoms with Crippen molar-refractivity contribution >= 4 is 34.2 Å². The van der Waals surface area contributed by atoms with Gasteiger partial charge in [0, 0.05) is 37.8 Å². The van der Waals surface area contributed by atoms with Gasteiger partial charge in [0.1, 0.15) is 17.5 Å². The number of aryl methyl sites for hydroxylation is 2. The van der Waals surface area contributed by atoms with Crippen molar-refractivity contribution in [3.05, 3.63) is 47.0 Å². The fourth-order valence-corrected chi connectivity index (χ4v) is 2.64. The van der Waals surface area contributed by atoms with Crippen molar-refractivity contribution in [3.63, 3.8) is 0 Å². The van der Waals surface area contributed by atoms with E-state index in [1.54, 1.807) is 12.3 Å². The molecule has 0 aliphatic rings. The topological polar surface area (TPSA) is 35.6 Å². The van der Waals surface area contributed by atoms with Crippen LogP contribution in [0.15, 0.2) is 24.5 Å². The molecule has 0 atom stereocenters. The largest absolute Gasteiger partial charge is 0.337 e. The smallest absolute Gasteiger partial charge is 0.144 e. The second kappa shape index (κ2) is 5.66. The van der Waals surface area contributed by atoms with E-state index in [9.17, 15) is 4.39 Å². The number of nitrogens with zero attached hydrogens (tertiary/aromatic N) is 4. The summed E-state index contributed by atoms with van der Waals surface area (Å²) in [4.78, 5) is 8.81. The lowest BCUT2D eigenvalue weighted by molar-refractivity contribution is 0.627. The van der Waals surface area contributed by atoms with Crippen LogP contribution in [0.4, 0.5) is 4.39 Å². The monoisotopic (exact) mass is 326 g/mol. The Hall–Kier alpha value is -1.59. The molecule has 0 saturated heterocycles. The van der Waals surface area contributed by atoms with Gasteiger partial charge in [0.15, 0.2) is 0 Å². The SMILES string of the molecule is Cn1ccnc1Cn1c(CCCl)nc2cc(Cl)c(F)cc21. The number of halogens is 3. The number of alkyl halides is 1. The molecular formula is C14H13Cl2FN4. The summed E-state index contributed by atoms with van der Waals surface area (Å²) >= 11 is 11.7. The molecule has 0 spiro atoms. The molecule has 110 valence electrons. The average molecular weight is 327 g/mol. The van der Waals surface area contributed by atoms with Gasteiger partial charge >= 0.3 is 0 Å². The zero-order valence-electron chi connectivity index (χ0n) is 11.4. The fraction of sp³-hybridized carbons (Fsp3) is 0.286. The predicted molar refractivity (Wildman–Crippen MR) is 81.4 cm³/mol. The zero-order chi connectivity index (χ0) is 15.0. The maximum Gasteiger partial charge on any atom is 0.144 e. The van der Waals surface area contributed by atoms with Crippen molar-refractivity contribution < 1.29 is 4.39 Å². The summed E-state index contributed by atoms with van der Waals surface area (Å²) in [6.07, 6.45) is 4.19. The number of benzene rings is 1. The highest BCUT2D eigenvalue weighted by Gasteiger charge is 2.15. The maximum atomic E-state index is 13.8. The third kappa shape index (κ3) is 2.63. The van der Waals surface area contributed by atoms with Gasteiger partial charge in [-0.3, -0.25) is 0 Å². The van der Waals surface area contributed by atoms with E-state index in [1.807, 2.05) is 22.4 Å². The Labute approximate surface area is 131 Å². The molecule has 7 heteroatoms. The predicted octanol–water partition coefficient (Wildman–Crippen LogP) is 3.39. The molecule has 3 rings (SSSR count). The van der Waals surface area contributed by atoms with Crippen molar-refractivity contribution in [2.24, 2.45) is 7.05 Å². The van der Waals surface area contributed by atoms with Gasteiger partial charge in [-0.1, -0.05) is 11.6 Å². The first kappa shape index (κ1) is 14.4. The van der Waals surface area contributed by atoms with Crippen molar-refractivity contribution in [1.29, 1.82) is 0 Å². The standard InChI is InChI=1S/C14H13Cl2FN4/c1-20-5-4-18-14(20)8-21-12-7-10(17)9(16)6-11(12)19-13(21)2-3-15/h4-7H,2-3,8H2,1H3. The molecule has 0 bridgehead atoms. The van der Waals surface area contributed by atoms with Crippen LogP contribution in [-0.4, -0.2) is 25.0 Å². The van der Waals surface area contributed by atoms with Crippen LogP contribution < -0.4 is 0 Å². The Bertz CT molecular complexity index is 794. The average Bonchev–Trinajstić information content (AvgIpc) is 2.98. The molecule has 0 aliphatic heterocycles. The maximum absolute atomic E-state index is 13.8. The minimum atomic E-state index is -0.456. The first-order chi connectivity index (χ1) is 10.1. The van der Waals surface area contributed by atoms with Crippen molar-refractivity contribution in [2.75, 3.05) is 5.88 Å². The summed E-state index contributed by atoms with van der Waals surface area (Å²) in [6.45, 7) is 0.507. The van der Waals surface area contributed by atoms with E-state index in [2.05, 4.69) is 9.97 Å². The van der Waals surface area contributed by atoms with Crippen molar-refractivity contribution in [2.45, 2.75) is 13.0 Å². The number of rotatable bonds is 4. The van der Waals surface area contributed by atoms with Gasteiger partial charge in [0.25, 0.3) is 0 Å². The molecule has 2 heterocycles. The molecular weight excluding hydrogens is 314 g/mol. The van der Waals surface area contributed by atoms with Crippen molar-refractivity contribution in [3.8, 4) is 0 Å². The summed E-state index contributed by atoms with van der Waals surface area (Å²) in [5.41, 5.74) is 1.36. The molecule has 21 heavy (non-hydrogen) atoms. The molecule has 0 amide bonds. The van der Waals surface area contributed by atoms with Crippen LogP contribution in [0.5, 0.6) is 0 Å². The van der Waals surface area contributed by atoms with Crippen molar-refractivity contribution in [1.82, 2.24) is 19.1 Å². The lowest BCUT2D eigenvalue weighted by Crippen LogP contribution is -2.09. The highest BCUT2D eigenvalue weighted by Crippen LogP contribution is 2.24. The molecule has 3 aromatic rings. The van der Waals surface area contributed by atoms with E-state index in [-0.39, 0.29) is 5.02 Å². The highest BCUT2D eigenvalue weighted by atomic mass is 35.5. The van der Waals surface area contributed by atoms with Crippen LogP contribution in [0.2, 0.25) is 5.02 Å². The Morgan fingerprint density at radius 3 is 2.76 bits per heavy atom. The van der Waals surface area contributed by atoms with E-state index in [0.717, 1.165) is 11.6 Å². The van der Waals surface area contributed by atoms with Crippen LogP contribution in [0, 0.1) is 5.82 Å². The minimum absolute atomic E-state index is 0.0709. The lowest BCUT2D eigenvalue weighted by atomic mass is 10.3. The normalized spacial score (nSPS) is 11.4. The van der Waals surface area contributed by atoms with Crippen LogP contribution in [0.3, 0.4) is 0 Å². The van der Waals surface area contributed by atoms with E-state index in [1.165, 1.54) is 6.07 Å². The fourth-order valence-electron chi connectivity index (χ4n) is 2.31. The molecule has 0 saturated carbocycles.